The Balaban J connectivity index is 1.80. The summed E-state index contributed by atoms with van der Waals surface area (Å²) in [6.45, 7) is 3.38. The van der Waals surface area contributed by atoms with E-state index in [0.29, 0.717) is 25.6 Å². The summed E-state index contributed by atoms with van der Waals surface area (Å²) in [6.07, 6.45) is 5.95. The first-order valence-corrected chi connectivity index (χ1v) is 7.87. The molecule has 2 heterocycles. The first kappa shape index (κ1) is 17.5. The average Bonchev–Trinajstić information content (AvgIpc) is 3.02. The molecule has 9 nitrogen and oxygen atoms in total. The number of likely N-dealkylation sites (tertiary alicyclic amines) is 1. The monoisotopic (exact) mass is 323 g/mol. The Morgan fingerprint density at radius 2 is 2.35 bits per heavy atom. The van der Waals surface area contributed by atoms with Crippen LogP contribution in [0.3, 0.4) is 0 Å². The fourth-order valence-corrected chi connectivity index (χ4v) is 2.81. The van der Waals surface area contributed by atoms with E-state index in [2.05, 4.69) is 25.3 Å². The van der Waals surface area contributed by atoms with Crippen LogP contribution in [-0.2, 0) is 16.2 Å². The second-order valence-electron chi connectivity index (χ2n) is 5.71. The predicted molar refractivity (Wildman–Crippen MR) is 84.8 cm³/mol. The minimum Gasteiger partial charge on any atom is -0.299 e. The van der Waals surface area contributed by atoms with Crippen LogP contribution in [0.2, 0.25) is 0 Å². The van der Waals surface area contributed by atoms with E-state index < -0.39 is 0 Å². The molecule has 0 aliphatic carbocycles. The van der Waals surface area contributed by atoms with Crippen molar-refractivity contribution in [2.45, 2.75) is 44.8 Å². The topological polar surface area (TPSA) is 88.7 Å². The molecule has 1 aromatic heterocycles. The highest BCUT2D eigenvalue weighted by Crippen LogP contribution is 2.20. The van der Waals surface area contributed by atoms with Crippen LogP contribution < -0.4 is 0 Å². The van der Waals surface area contributed by atoms with Gasteiger partial charge in [-0.15, -0.1) is 10.2 Å². The molecule has 1 fully saturated rings. The van der Waals surface area contributed by atoms with Crippen molar-refractivity contribution in [3.63, 3.8) is 0 Å². The van der Waals surface area contributed by atoms with Gasteiger partial charge in [-0.1, -0.05) is 0 Å². The third kappa shape index (κ3) is 5.07. The zero-order chi connectivity index (χ0) is 16.7. The number of aliphatic imine (C=N–C) groups is 1. The summed E-state index contributed by atoms with van der Waals surface area (Å²) < 4.78 is 0. The molecule has 0 saturated carbocycles. The minimum atomic E-state index is -0.0649. The van der Waals surface area contributed by atoms with Gasteiger partial charge in [0, 0.05) is 32.8 Å². The summed E-state index contributed by atoms with van der Waals surface area (Å²) in [4.78, 5) is 25.4. The first-order chi connectivity index (χ1) is 11.1. The number of aromatic nitrogens is 4. The second kappa shape index (κ2) is 8.68. The third-order valence-electron chi connectivity index (χ3n) is 3.95. The zero-order valence-electron chi connectivity index (χ0n) is 14.0. The van der Waals surface area contributed by atoms with Crippen molar-refractivity contribution >= 4 is 12.1 Å². The van der Waals surface area contributed by atoms with E-state index in [1.165, 1.54) is 16.2 Å². The van der Waals surface area contributed by atoms with E-state index in [1.54, 1.807) is 14.0 Å². The quantitative estimate of drug-likeness (QED) is 0.399. The van der Waals surface area contributed by atoms with Crippen molar-refractivity contribution in [3.8, 4) is 0 Å². The van der Waals surface area contributed by atoms with Crippen molar-refractivity contribution in [3.05, 3.63) is 6.33 Å². The Morgan fingerprint density at radius 3 is 2.96 bits per heavy atom. The number of tetrazole rings is 1. The molecule has 2 rings (SSSR count). The number of rotatable bonds is 7. The van der Waals surface area contributed by atoms with Gasteiger partial charge in [0.25, 0.3) is 0 Å². The smallest absolute Gasteiger partial charge is 0.243 e. The third-order valence-corrected chi connectivity index (χ3v) is 3.95. The second-order valence-corrected chi connectivity index (χ2v) is 5.71. The zero-order valence-corrected chi connectivity index (χ0v) is 14.0. The van der Waals surface area contributed by atoms with Crippen LogP contribution in [0.5, 0.6) is 0 Å². The number of hydroxylamine groups is 2. The van der Waals surface area contributed by atoms with Gasteiger partial charge >= 0.3 is 0 Å². The van der Waals surface area contributed by atoms with Crippen LogP contribution >= 0.6 is 0 Å². The number of aryl methyl sites for hydroxylation is 1. The Labute approximate surface area is 136 Å². The minimum absolute atomic E-state index is 0.0649. The number of likely N-dealkylation sites (N-methyl/N-ethyl adjacent to an activating group) is 1. The normalized spacial score (nSPS) is 22.6. The van der Waals surface area contributed by atoms with Gasteiger partial charge in [-0.3, -0.25) is 19.5 Å². The molecule has 128 valence electrons. The Bertz CT molecular complexity index is 505. The van der Waals surface area contributed by atoms with Crippen molar-refractivity contribution in [2.24, 2.45) is 4.99 Å². The summed E-state index contributed by atoms with van der Waals surface area (Å²) in [6, 6.07) is 0.409. The summed E-state index contributed by atoms with van der Waals surface area (Å²) in [7, 11) is 3.84. The van der Waals surface area contributed by atoms with Gasteiger partial charge in [0.1, 0.15) is 0 Å². The number of hydrogen-bond acceptors (Lipinski definition) is 7. The molecule has 1 aromatic rings. The molecular formula is C14H25N7O2. The first-order valence-electron chi connectivity index (χ1n) is 7.87. The van der Waals surface area contributed by atoms with E-state index in [0.717, 1.165) is 19.4 Å². The maximum absolute atomic E-state index is 11.9. The lowest BCUT2D eigenvalue weighted by Crippen LogP contribution is -2.52. The lowest BCUT2D eigenvalue weighted by molar-refractivity contribution is -0.204. The SMILES string of the molecule is CN=C[C@@H]1CC[C@@H](N(OCCCn2ncnn2)C(C)=O)CN1C. The van der Waals surface area contributed by atoms with Gasteiger partial charge in [0.05, 0.1) is 19.2 Å². The largest absolute Gasteiger partial charge is 0.299 e. The van der Waals surface area contributed by atoms with Gasteiger partial charge in [0.15, 0.2) is 6.33 Å². The van der Waals surface area contributed by atoms with Crippen molar-refractivity contribution in [1.29, 1.82) is 0 Å². The number of piperidine rings is 1. The van der Waals surface area contributed by atoms with Gasteiger partial charge in [-0.2, -0.15) is 4.80 Å². The molecule has 0 N–H and O–H groups in total. The maximum Gasteiger partial charge on any atom is 0.243 e. The van der Waals surface area contributed by atoms with Gasteiger partial charge < -0.3 is 0 Å². The molecule has 23 heavy (non-hydrogen) atoms. The fraction of sp³-hybridized carbons (Fsp3) is 0.786. The maximum atomic E-state index is 11.9. The van der Waals surface area contributed by atoms with Crippen LogP contribution in [0.4, 0.5) is 0 Å². The van der Waals surface area contributed by atoms with E-state index in [-0.39, 0.29) is 11.9 Å². The van der Waals surface area contributed by atoms with Gasteiger partial charge in [-0.25, -0.2) is 5.06 Å². The number of nitrogens with zero attached hydrogens (tertiary/aromatic N) is 7. The predicted octanol–water partition coefficient (Wildman–Crippen LogP) is 0.00670. The van der Waals surface area contributed by atoms with Gasteiger partial charge in [-0.05, 0) is 31.5 Å². The summed E-state index contributed by atoms with van der Waals surface area (Å²) in [5, 5.41) is 12.9. The van der Waals surface area contributed by atoms with Crippen LogP contribution in [0.15, 0.2) is 11.3 Å². The number of hydrogen-bond donors (Lipinski definition) is 0. The molecule has 1 aliphatic rings. The highest BCUT2D eigenvalue weighted by molar-refractivity contribution is 5.72. The van der Waals surface area contributed by atoms with Crippen molar-refractivity contribution in [1.82, 2.24) is 30.2 Å². The molecule has 1 aliphatic heterocycles. The highest BCUT2D eigenvalue weighted by Gasteiger charge is 2.30. The number of amides is 1. The van der Waals surface area contributed by atoms with Crippen molar-refractivity contribution in [2.75, 3.05) is 27.2 Å². The van der Waals surface area contributed by atoms with Crippen LogP contribution in [0, 0.1) is 0 Å². The molecule has 0 radical (unpaired) electrons. The highest BCUT2D eigenvalue weighted by atomic mass is 16.7. The van der Waals surface area contributed by atoms with Crippen LogP contribution in [0.25, 0.3) is 0 Å². The van der Waals surface area contributed by atoms with Gasteiger partial charge in [0.2, 0.25) is 5.91 Å². The van der Waals surface area contributed by atoms with E-state index in [9.17, 15) is 4.79 Å². The molecule has 0 aromatic carbocycles. The van der Waals surface area contributed by atoms with Crippen LogP contribution in [0.1, 0.15) is 26.2 Å². The molecule has 1 amide bonds. The lowest BCUT2D eigenvalue weighted by atomic mass is 9.99. The average molecular weight is 323 g/mol. The van der Waals surface area contributed by atoms with Crippen molar-refractivity contribution < 1.29 is 9.63 Å². The number of carbonyl (C=O) groups is 1. The summed E-state index contributed by atoms with van der Waals surface area (Å²) in [5.41, 5.74) is 0. The molecule has 2 atom stereocenters. The van der Waals surface area contributed by atoms with Crippen LogP contribution in [-0.4, -0.2) is 81.6 Å². The molecular weight excluding hydrogens is 298 g/mol. The lowest BCUT2D eigenvalue weighted by Gasteiger charge is -2.39. The van der Waals surface area contributed by atoms with E-state index in [1.807, 2.05) is 13.3 Å². The molecule has 9 heteroatoms. The van der Waals surface area contributed by atoms with E-state index in [4.69, 9.17) is 4.84 Å². The fourth-order valence-electron chi connectivity index (χ4n) is 2.81. The Morgan fingerprint density at radius 1 is 1.52 bits per heavy atom. The Kier molecular flexibility index (Phi) is 6.60. The molecule has 0 spiro atoms. The Hall–Kier alpha value is -1.87. The molecule has 0 bridgehead atoms. The molecule has 0 unspecified atom stereocenters. The summed E-state index contributed by atoms with van der Waals surface area (Å²) in [5.74, 6) is -0.0649. The number of carbonyl (C=O) groups excluding carboxylic acids is 1. The molecule has 1 saturated heterocycles. The standard InChI is InChI=1S/C14H25N7O2/c1-12(22)21(23-8-4-7-20-17-11-16-18-20)14-6-5-13(9-15-2)19(3)10-14/h9,11,13-14H,4-8,10H2,1-3H3/t13-,14+/m0/s1. The summed E-state index contributed by atoms with van der Waals surface area (Å²) >= 11 is 0. The van der Waals surface area contributed by atoms with E-state index >= 15 is 0 Å².